The van der Waals surface area contributed by atoms with Crippen LogP contribution in [0, 0.1) is 11.7 Å². The molecule has 0 aromatic heterocycles. The summed E-state index contributed by atoms with van der Waals surface area (Å²) in [6, 6.07) is 4.44. The molecule has 0 aliphatic heterocycles. The molecule has 0 heterocycles. The van der Waals surface area contributed by atoms with Gasteiger partial charge in [0.15, 0.2) is 5.96 Å². The van der Waals surface area contributed by atoms with Crippen molar-refractivity contribution in [2.24, 2.45) is 10.9 Å². The number of benzene rings is 1. The van der Waals surface area contributed by atoms with Crippen LogP contribution in [0.25, 0.3) is 0 Å². The second-order valence-electron chi connectivity index (χ2n) is 7.72. The number of ether oxygens (including phenoxy) is 1. The Labute approximate surface area is 166 Å². The molecule has 0 saturated heterocycles. The van der Waals surface area contributed by atoms with E-state index >= 15 is 0 Å². The Balaban J connectivity index is 1.88. The molecule has 0 amide bonds. The third kappa shape index (κ3) is 7.64. The maximum Gasteiger partial charge on any atom is 0.191 e. The fraction of sp³-hybridized carbons (Fsp3) is 0.650. The molecule has 1 atom stereocenters. The number of guanidine groups is 1. The number of nitrogens with zero attached hydrogens (tertiary/aromatic N) is 1. The van der Waals surface area contributed by atoms with Gasteiger partial charge >= 0.3 is 0 Å². The Hall–Kier alpha value is -1.37. The zero-order valence-corrected chi connectivity index (χ0v) is 17.2. The van der Waals surface area contributed by atoms with Crippen molar-refractivity contribution >= 4 is 17.6 Å². The molecule has 5 nitrogen and oxygen atoms in total. The lowest BCUT2D eigenvalue weighted by Crippen LogP contribution is -2.43. The van der Waals surface area contributed by atoms with Gasteiger partial charge in [0, 0.05) is 30.1 Å². The number of aliphatic hydroxyl groups excluding tert-OH is 1. The minimum Gasteiger partial charge on any atom is -0.389 e. The van der Waals surface area contributed by atoms with Crippen LogP contribution in [-0.4, -0.2) is 50.0 Å². The average Bonchev–Trinajstić information content (AvgIpc) is 3.41. The largest absolute Gasteiger partial charge is 0.389 e. The van der Waals surface area contributed by atoms with Crippen LogP contribution in [0.4, 0.5) is 4.39 Å². The van der Waals surface area contributed by atoms with Crippen molar-refractivity contribution < 1.29 is 14.2 Å². The molecule has 0 radical (unpaired) electrons. The predicted molar refractivity (Wildman–Crippen MR) is 108 cm³/mol. The molecule has 152 valence electrons. The number of hydrogen-bond acceptors (Lipinski definition) is 3. The molecule has 0 spiro atoms. The fourth-order valence-corrected chi connectivity index (χ4v) is 3.09. The zero-order chi connectivity index (χ0) is 19.9. The van der Waals surface area contributed by atoms with Crippen molar-refractivity contribution in [1.82, 2.24) is 10.6 Å². The van der Waals surface area contributed by atoms with Gasteiger partial charge in [-0.25, -0.2) is 4.39 Å². The SMILES string of the molecule is CCNC(=NCC(C)(C)c1ccc(F)cc1Cl)NCC(O)COCC1CC1. The first-order chi connectivity index (χ1) is 12.8. The standard InChI is InChI=1S/C20H31ClFN3O2/c1-4-23-19(24-10-16(26)12-27-11-14-5-6-14)25-13-20(2,3)17-8-7-15(22)9-18(17)21/h7-9,14,16,26H,4-6,10-13H2,1-3H3,(H2,23,24,25). The molecule has 1 unspecified atom stereocenters. The van der Waals surface area contributed by atoms with Crippen LogP contribution in [0.5, 0.6) is 0 Å². The summed E-state index contributed by atoms with van der Waals surface area (Å²) in [5.74, 6) is 0.950. The first kappa shape index (κ1) is 21.9. The minimum absolute atomic E-state index is 0.319. The van der Waals surface area contributed by atoms with Crippen molar-refractivity contribution in [3.05, 3.63) is 34.6 Å². The topological polar surface area (TPSA) is 65.9 Å². The highest BCUT2D eigenvalue weighted by molar-refractivity contribution is 6.31. The van der Waals surface area contributed by atoms with Gasteiger partial charge in [0.1, 0.15) is 5.82 Å². The second kappa shape index (κ2) is 10.2. The molecule has 3 N–H and O–H groups in total. The van der Waals surface area contributed by atoms with Crippen LogP contribution in [-0.2, 0) is 10.2 Å². The number of halogens is 2. The highest BCUT2D eigenvalue weighted by Crippen LogP contribution is 2.30. The summed E-state index contributed by atoms with van der Waals surface area (Å²) >= 11 is 6.20. The Kier molecular flexibility index (Phi) is 8.32. The average molecular weight is 400 g/mol. The smallest absolute Gasteiger partial charge is 0.191 e. The van der Waals surface area contributed by atoms with Crippen LogP contribution in [0.2, 0.25) is 5.02 Å². The van der Waals surface area contributed by atoms with Gasteiger partial charge in [-0.1, -0.05) is 31.5 Å². The molecule has 1 aliphatic carbocycles. The Bertz CT molecular complexity index is 636. The van der Waals surface area contributed by atoms with Crippen LogP contribution < -0.4 is 10.6 Å². The van der Waals surface area contributed by atoms with Gasteiger partial charge in [0.25, 0.3) is 0 Å². The lowest BCUT2D eigenvalue weighted by molar-refractivity contribution is 0.0345. The van der Waals surface area contributed by atoms with E-state index in [1.165, 1.54) is 25.0 Å². The normalized spacial score (nSPS) is 16.3. The summed E-state index contributed by atoms with van der Waals surface area (Å²) in [7, 11) is 0. The highest BCUT2D eigenvalue weighted by atomic mass is 35.5. The van der Waals surface area contributed by atoms with Crippen LogP contribution in [0.15, 0.2) is 23.2 Å². The van der Waals surface area contributed by atoms with Crippen molar-refractivity contribution in [2.45, 2.75) is 45.1 Å². The summed E-state index contributed by atoms with van der Waals surface area (Å²) in [4.78, 5) is 4.61. The van der Waals surface area contributed by atoms with Gasteiger partial charge < -0.3 is 20.5 Å². The van der Waals surface area contributed by atoms with Crippen molar-refractivity contribution in [1.29, 1.82) is 0 Å². The van der Waals surface area contributed by atoms with Crippen LogP contribution >= 0.6 is 11.6 Å². The maximum absolute atomic E-state index is 13.3. The van der Waals surface area contributed by atoms with Gasteiger partial charge in [0.2, 0.25) is 0 Å². The second-order valence-corrected chi connectivity index (χ2v) is 8.13. The van der Waals surface area contributed by atoms with E-state index in [4.69, 9.17) is 16.3 Å². The maximum atomic E-state index is 13.3. The lowest BCUT2D eigenvalue weighted by atomic mass is 9.84. The first-order valence-corrected chi connectivity index (χ1v) is 9.93. The lowest BCUT2D eigenvalue weighted by Gasteiger charge is -2.25. The number of nitrogens with one attached hydrogen (secondary N) is 2. The molecule has 7 heteroatoms. The van der Waals surface area contributed by atoms with Gasteiger partial charge in [-0.3, -0.25) is 4.99 Å². The number of hydrogen-bond donors (Lipinski definition) is 3. The first-order valence-electron chi connectivity index (χ1n) is 9.55. The van der Waals surface area contributed by atoms with Crippen molar-refractivity contribution in [3.63, 3.8) is 0 Å². The van der Waals surface area contributed by atoms with Crippen LogP contribution in [0.3, 0.4) is 0 Å². The molecular formula is C20H31ClFN3O2. The predicted octanol–water partition coefficient (Wildman–Crippen LogP) is 3.10. The number of aliphatic imine (C=N–C) groups is 1. The molecule has 0 bridgehead atoms. The Morgan fingerprint density at radius 1 is 1.41 bits per heavy atom. The molecule has 1 aromatic rings. The molecule has 27 heavy (non-hydrogen) atoms. The highest BCUT2D eigenvalue weighted by Gasteiger charge is 2.24. The molecule has 1 aliphatic rings. The van der Waals surface area contributed by atoms with Crippen LogP contribution in [0.1, 0.15) is 39.2 Å². The Morgan fingerprint density at radius 3 is 2.78 bits per heavy atom. The van der Waals surface area contributed by atoms with E-state index in [1.54, 1.807) is 6.07 Å². The van der Waals surface area contributed by atoms with E-state index in [0.29, 0.717) is 43.1 Å². The van der Waals surface area contributed by atoms with E-state index in [2.05, 4.69) is 15.6 Å². The van der Waals surface area contributed by atoms with Gasteiger partial charge in [-0.2, -0.15) is 0 Å². The van der Waals surface area contributed by atoms with E-state index in [1.807, 2.05) is 20.8 Å². The monoisotopic (exact) mass is 399 g/mol. The Morgan fingerprint density at radius 2 is 2.15 bits per heavy atom. The third-order valence-electron chi connectivity index (χ3n) is 4.50. The van der Waals surface area contributed by atoms with Gasteiger partial charge in [-0.15, -0.1) is 0 Å². The fourth-order valence-electron chi connectivity index (χ4n) is 2.67. The van der Waals surface area contributed by atoms with Gasteiger partial charge in [-0.05, 0) is 43.4 Å². The quantitative estimate of drug-likeness (QED) is 0.418. The van der Waals surface area contributed by atoms with E-state index in [0.717, 1.165) is 12.2 Å². The third-order valence-corrected chi connectivity index (χ3v) is 4.82. The molecule has 1 fully saturated rings. The summed E-state index contributed by atoms with van der Waals surface area (Å²) in [5, 5.41) is 16.7. The van der Waals surface area contributed by atoms with E-state index in [-0.39, 0.29) is 11.2 Å². The summed E-state index contributed by atoms with van der Waals surface area (Å²) < 4.78 is 18.8. The molecular weight excluding hydrogens is 369 g/mol. The molecule has 1 saturated carbocycles. The summed E-state index contributed by atoms with van der Waals surface area (Å²) in [6.45, 7) is 8.58. The molecule has 1 aromatic carbocycles. The minimum atomic E-state index is -0.591. The van der Waals surface area contributed by atoms with E-state index < -0.39 is 6.10 Å². The van der Waals surface area contributed by atoms with Gasteiger partial charge in [0.05, 0.1) is 19.3 Å². The van der Waals surface area contributed by atoms with Crippen molar-refractivity contribution in [3.8, 4) is 0 Å². The molecule has 2 rings (SSSR count). The summed E-state index contributed by atoms with van der Waals surface area (Å²) in [6.07, 6.45) is 1.88. The zero-order valence-electron chi connectivity index (χ0n) is 16.4. The number of rotatable bonds is 10. The summed E-state index contributed by atoms with van der Waals surface area (Å²) in [5.41, 5.74) is 0.484. The van der Waals surface area contributed by atoms with Crippen molar-refractivity contribution in [2.75, 3.05) is 32.8 Å². The number of aliphatic hydroxyl groups is 1. The van der Waals surface area contributed by atoms with E-state index in [9.17, 15) is 9.50 Å².